The average molecular weight is 267 g/mol. The van der Waals surface area contributed by atoms with Gasteiger partial charge in [0.1, 0.15) is 12.2 Å². The van der Waals surface area contributed by atoms with Crippen molar-refractivity contribution in [2.24, 2.45) is 0 Å². The van der Waals surface area contributed by atoms with Crippen LogP contribution in [-0.2, 0) is 16.1 Å². The highest BCUT2D eigenvalue weighted by atomic mass is 16.5. The van der Waals surface area contributed by atoms with Gasteiger partial charge in [-0.05, 0) is 12.5 Å². The van der Waals surface area contributed by atoms with Crippen LogP contribution < -0.4 is 5.56 Å². The van der Waals surface area contributed by atoms with Crippen molar-refractivity contribution >= 4 is 11.9 Å². The van der Waals surface area contributed by atoms with Gasteiger partial charge in [-0.2, -0.15) is 5.10 Å². The summed E-state index contributed by atoms with van der Waals surface area (Å²) >= 11 is 0. The molecule has 0 spiro atoms. The number of carbonyl (C=O) groups excluding carboxylic acids is 2. The van der Waals surface area contributed by atoms with E-state index in [0.29, 0.717) is 6.54 Å². The van der Waals surface area contributed by atoms with E-state index >= 15 is 0 Å². The number of methoxy groups -OCH3 is 1. The number of ether oxygens (including phenoxy) is 1. The van der Waals surface area contributed by atoms with Gasteiger partial charge in [-0.15, -0.1) is 0 Å². The van der Waals surface area contributed by atoms with Gasteiger partial charge in [0, 0.05) is 19.7 Å². The Labute approximate surface area is 110 Å². The Morgan fingerprint density at radius 3 is 2.68 bits per heavy atom. The van der Waals surface area contributed by atoms with Crippen LogP contribution in [0, 0.1) is 0 Å². The lowest BCUT2D eigenvalue weighted by Crippen LogP contribution is -2.35. The van der Waals surface area contributed by atoms with Gasteiger partial charge < -0.3 is 9.64 Å². The Hall–Kier alpha value is -2.18. The number of nitrogens with zero attached hydrogens (tertiary/aromatic N) is 3. The molecule has 0 fully saturated rings. The molecule has 7 heteroatoms. The molecule has 104 valence electrons. The third-order valence-electron chi connectivity index (χ3n) is 2.46. The number of likely N-dealkylation sites (N-methyl/N-ethyl adjacent to an activating group) is 1. The Balaban J connectivity index is 2.90. The molecule has 1 rings (SSSR count). The van der Waals surface area contributed by atoms with Crippen LogP contribution in [0.5, 0.6) is 0 Å². The van der Waals surface area contributed by atoms with Gasteiger partial charge in [0.05, 0.1) is 7.11 Å². The predicted octanol–water partition coefficient (Wildman–Crippen LogP) is -0.102. The van der Waals surface area contributed by atoms with E-state index in [9.17, 15) is 14.4 Å². The summed E-state index contributed by atoms with van der Waals surface area (Å²) in [6.07, 6.45) is 0.739. The first-order valence-electron chi connectivity index (χ1n) is 5.90. The summed E-state index contributed by atoms with van der Waals surface area (Å²) in [5, 5.41) is 3.98. The lowest BCUT2D eigenvalue weighted by atomic mass is 10.3. The molecule has 0 aliphatic rings. The highest BCUT2D eigenvalue weighted by molar-refractivity contribution is 5.93. The van der Waals surface area contributed by atoms with E-state index in [-0.39, 0.29) is 17.8 Å². The van der Waals surface area contributed by atoms with Crippen LogP contribution >= 0.6 is 0 Å². The lowest BCUT2D eigenvalue weighted by molar-refractivity contribution is -0.141. The topological polar surface area (TPSA) is 81.5 Å². The number of esters is 1. The minimum Gasteiger partial charge on any atom is -0.468 e. The molecule has 0 aliphatic carbocycles. The summed E-state index contributed by atoms with van der Waals surface area (Å²) in [6, 6.07) is 2.65. The van der Waals surface area contributed by atoms with Gasteiger partial charge in [0.25, 0.3) is 11.5 Å². The maximum absolute atomic E-state index is 12.0. The molecule has 0 N–H and O–H groups in total. The smallest absolute Gasteiger partial charge is 0.325 e. The number of hydrogen-bond donors (Lipinski definition) is 0. The fourth-order valence-electron chi connectivity index (χ4n) is 1.46. The SMILES string of the molecule is CCCn1nc(C(=O)N(C)CC(=O)OC)ccc1=O. The van der Waals surface area contributed by atoms with Crippen molar-refractivity contribution in [2.75, 3.05) is 20.7 Å². The summed E-state index contributed by atoms with van der Waals surface area (Å²) < 4.78 is 5.72. The Bertz CT molecular complexity index is 524. The zero-order valence-electron chi connectivity index (χ0n) is 11.3. The molecule has 0 saturated carbocycles. The van der Waals surface area contributed by atoms with Gasteiger partial charge in [-0.25, -0.2) is 4.68 Å². The van der Waals surface area contributed by atoms with E-state index in [4.69, 9.17) is 0 Å². The zero-order valence-corrected chi connectivity index (χ0v) is 11.3. The maximum Gasteiger partial charge on any atom is 0.325 e. The fourth-order valence-corrected chi connectivity index (χ4v) is 1.46. The Kier molecular flexibility index (Phi) is 5.23. The normalized spacial score (nSPS) is 10.1. The van der Waals surface area contributed by atoms with Crippen LogP contribution in [0.15, 0.2) is 16.9 Å². The molecule has 0 saturated heterocycles. The lowest BCUT2D eigenvalue weighted by Gasteiger charge is -2.15. The molecule has 1 aromatic rings. The first-order chi connectivity index (χ1) is 8.99. The van der Waals surface area contributed by atoms with Crippen molar-refractivity contribution in [2.45, 2.75) is 19.9 Å². The average Bonchev–Trinajstić information content (AvgIpc) is 2.40. The minimum absolute atomic E-state index is 0.124. The number of aromatic nitrogens is 2. The molecular formula is C12H17N3O4. The Morgan fingerprint density at radius 2 is 2.11 bits per heavy atom. The minimum atomic E-state index is -0.516. The van der Waals surface area contributed by atoms with Crippen LogP contribution in [0.1, 0.15) is 23.8 Å². The van der Waals surface area contributed by atoms with Crippen LogP contribution in [-0.4, -0.2) is 47.3 Å². The summed E-state index contributed by atoms with van der Waals surface area (Å²) in [5.41, 5.74) is -0.131. The summed E-state index contributed by atoms with van der Waals surface area (Å²) in [5.74, 6) is -0.951. The standard InChI is InChI=1S/C12H17N3O4/c1-4-7-15-10(16)6-5-9(13-15)12(18)14(2)8-11(17)19-3/h5-6H,4,7-8H2,1-3H3. The van der Waals surface area contributed by atoms with Gasteiger partial charge in [-0.1, -0.05) is 6.92 Å². The van der Waals surface area contributed by atoms with E-state index < -0.39 is 11.9 Å². The van der Waals surface area contributed by atoms with Crippen LogP contribution in [0.25, 0.3) is 0 Å². The largest absolute Gasteiger partial charge is 0.468 e. The van der Waals surface area contributed by atoms with E-state index in [1.807, 2.05) is 6.92 Å². The fraction of sp³-hybridized carbons (Fsp3) is 0.500. The molecule has 0 atom stereocenters. The van der Waals surface area contributed by atoms with Crippen molar-refractivity contribution in [1.29, 1.82) is 0 Å². The molecule has 7 nitrogen and oxygen atoms in total. The third-order valence-corrected chi connectivity index (χ3v) is 2.46. The molecule has 19 heavy (non-hydrogen) atoms. The molecule has 0 unspecified atom stereocenters. The van der Waals surface area contributed by atoms with Gasteiger partial charge >= 0.3 is 5.97 Å². The highest BCUT2D eigenvalue weighted by Gasteiger charge is 2.17. The van der Waals surface area contributed by atoms with E-state index in [1.54, 1.807) is 0 Å². The summed E-state index contributed by atoms with van der Waals surface area (Å²) in [4.78, 5) is 35.8. The second kappa shape index (κ2) is 6.67. The van der Waals surface area contributed by atoms with Gasteiger partial charge in [0.15, 0.2) is 0 Å². The number of hydrogen-bond acceptors (Lipinski definition) is 5. The number of amides is 1. The molecule has 0 bridgehead atoms. The first kappa shape index (κ1) is 14.9. The van der Waals surface area contributed by atoms with E-state index in [2.05, 4.69) is 9.84 Å². The predicted molar refractivity (Wildman–Crippen MR) is 67.8 cm³/mol. The van der Waals surface area contributed by atoms with Crippen molar-refractivity contribution in [3.63, 3.8) is 0 Å². The zero-order chi connectivity index (χ0) is 14.4. The molecule has 0 radical (unpaired) electrons. The van der Waals surface area contributed by atoms with Crippen molar-refractivity contribution in [1.82, 2.24) is 14.7 Å². The van der Waals surface area contributed by atoms with Crippen molar-refractivity contribution < 1.29 is 14.3 Å². The molecule has 0 aliphatic heterocycles. The first-order valence-corrected chi connectivity index (χ1v) is 5.90. The molecular weight excluding hydrogens is 250 g/mol. The molecule has 1 amide bonds. The number of carbonyl (C=O) groups is 2. The number of rotatable bonds is 5. The summed E-state index contributed by atoms with van der Waals surface area (Å²) in [7, 11) is 2.72. The van der Waals surface area contributed by atoms with Crippen molar-refractivity contribution in [3.05, 3.63) is 28.2 Å². The third kappa shape index (κ3) is 3.90. The Morgan fingerprint density at radius 1 is 1.42 bits per heavy atom. The molecule has 1 aromatic heterocycles. The second-order valence-electron chi connectivity index (χ2n) is 4.02. The van der Waals surface area contributed by atoms with E-state index in [1.165, 1.54) is 35.9 Å². The maximum atomic E-state index is 12.0. The quantitative estimate of drug-likeness (QED) is 0.696. The van der Waals surface area contributed by atoms with Crippen molar-refractivity contribution in [3.8, 4) is 0 Å². The monoisotopic (exact) mass is 267 g/mol. The number of aryl methyl sites for hydroxylation is 1. The van der Waals surface area contributed by atoms with Crippen LogP contribution in [0.4, 0.5) is 0 Å². The van der Waals surface area contributed by atoms with Crippen LogP contribution in [0.2, 0.25) is 0 Å². The molecule has 1 heterocycles. The van der Waals surface area contributed by atoms with E-state index in [0.717, 1.165) is 6.42 Å². The second-order valence-corrected chi connectivity index (χ2v) is 4.02. The molecule has 0 aromatic carbocycles. The van der Waals surface area contributed by atoms with Crippen LogP contribution in [0.3, 0.4) is 0 Å². The highest BCUT2D eigenvalue weighted by Crippen LogP contribution is 1.98. The summed E-state index contributed by atoms with van der Waals surface area (Å²) in [6.45, 7) is 2.19. The van der Waals surface area contributed by atoms with Gasteiger partial charge in [-0.3, -0.25) is 14.4 Å². The van der Waals surface area contributed by atoms with Gasteiger partial charge in [0.2, 0.25) is 0 Å².